The van der Waals surface area contributed by atoms with Crippen LogP contribution in [0.5, 0.6) is 0 Å². The van der Waals surface area contributed by atoms with E-state index in [1.807, 2.05) is 30.3 Å². The lowest BCUT2D eigenvalue weighted by atomic mass is 9.99. The summed E-state index contributed by atoms with van der Waals surface area (Å²) in [5, 5.41) is 9.33. The largest absolute Gasteiger partial charge is 0.394 e. The summed E-state index contributed by atoms with van der Waals surface area (Å²) in [6.07, 6.45) is 0.240. The Morgan fingerprint density at radius 2 is 1.87 bits per heavy atom. The van der Waals surface area contributed by atoms with Crippen molar-refractivity contribution in [3.8, 4) is 11.1 Å². The van der Waals surface area contributed by atoms with E-state index in [1.165, 1.54) is 10.5 Å². The fourth-order valence-corrected chi connectivity index (χ4v) is 3.01. The predicted octanol–water partition coefficient (Wildman–Crippen LogP) is 2.44. The number of likely N-dealkylation sites (tertiary alicyclic amines) is 1. The number of benzene rings is 2. The van der Waals surface area contributed by atoms with Crippen LogP contribution in [0.4, 0.5) is 0 Å². The zero-order valence-electron chi connectivity index (χ0n) is 13.0. The van der Waals surface area contributed by atoms with Gasteiger partial charge in [-0.3, -0.25) is 9.59 Å². The number of aryl methyl sites for hydroxylation is 1. The van der Waals surface area contributed by atoms with E-state index in [2.05, 4.69) is 13.0 Å². The molecule has 4 heteroatoms. The van der Waals surface area contributed by atoms with Crippen LogP contribution in [0.1, 0.15) is 22.3 Å². The maximum atomic E-state index is 12.5. The van der Waals surface area contributed by atoms with Crippen LogP contribution in [0.3, 0.4) is 0 Å². The molecule has 0 spiro atoms. The van der Waals surface area contributed by atoms with Gasteiger partial charge in [-0.2, -0.15) is 0 Å². The highest BCUT2D eigenvalue weighted by Crippen LogP contribution is 2.24. The van der Waals surface area contributed by atoms with E-state index >= 15 is 0 Å². The van der Waals surface area contributed by atoms with Gasteiger partial charge in [-0.25, -0.2) is 0 Å². The van der Waals surface area contributed by atoms with Crippen LogP contribution in [-0.2, 0) is 4.79 Å². The van der Waals surface area contributed by atoms with Crippen molar-refractivity contribution < 1.29 is 14.7 Å². The van der Waals surface area contributed by atoms with Gasteiger partial charge in [-0.15, -0.1) is 0 Å². The molecular weight excluding hydrogens is 290 g/mol. The highest BCUT2D eigenvalue weighted by Gasteiger charge is 2.33. The highest BCUT2D eigenvalue weighted by molar-refractivity contribution is 5.99. The topological polar surface area (TPSA) is 57.6 Å². The second-order valence-corrected chi connectivity index (χ2v) is 5.90. The Morgan fingerprint density at radius 1 is 1.17 bits per heavy atom. The zero-order valence-corrected chi connectivity index (χ0v) is 13.0. The van der Waals surface area contributed by atoms with E-state index in [0.717, 1.165) is 11.1 Å². The number of hydrogen-bond acceptors (Lipinski definition) is 3. The van der Waals surface area contributed by atoms with E-state index < -0.39 is 6.04 Å². The molecule has 118 valence electrons. The van der Waals surface area contributed by atoms with Crippen LogP contribution >= 0.6 is 0 Å². The molecule has 3 rings (SSSR count). The smallest absolute Gasteiger partial charge is 0.254 e. The number of aliphatic hydroxyl groups is 1. The van der Waals surface area contributed by atoms with Crippen LogP contribution in [0.15, 0.2) is 48.5 Å². The van der Waals surface area contributed by atoms with Crippen molar-refractivity contribution in [2.45, 2.75) is 19.4 Å². The summed E-state index contributed by atoms with van der Waals surface area (Å²) in [7, 11) is 0. The molecule has 1 amide bonds. The third-order valence-electron chi connectivity index (χ3n) is 4.31. The maximum absolute atomic E-state index is 12.5. The van der Waals surface area contributed by atoms with Crippen molar-refractivity contribution in [2.24, 2.45) is 0 Å². The zero-order chi connectivity index (χ0) is 16.4. The molecule has 1 aliphatic heterocycles. The summed E-state index contributed by atoms with van der Waals surface area (Å²) in [6.45, 7) is 1.96. The Kier molecular flexibility index (Phi) is 4.26. The molecule has 0 aliphatic carbocycles. The van der Waals surface area contributed by atoms with Crippen molar-refractivity contribution in [1.29, 1.82) is 0 Å². The Morgan fingerprint density at radius 3 is 2.52 bits per heavy atom. The first-order valence-corrected chi connectivity index (χ1v) is 7.69. The molecular formula is C19H19NO3. The number of carbonyl (C=O) groups is 2. The number of Topliss-reactive ketones (excluding diaryl/α,β-unsaturated/α-hetero) is 1. The molecule has 1 N–H and O–H groups in total. The molecule has 2 aromatic rings. The molecule has 0 radical (unpaired) electrons. The minimum Gasteiger partial charge on any atom is -0.394 e. The van der Waals surface area contributed by atoms with Gasteiger partial charge in [0.15, 0.2) is 5.78 Å². The van der Waals surface area contributed by atoms with Crippen molar-refractivity contribution >= 4 is 11.7 Å². The average Bonchev–Trinajstić information content (AvgIpc) is 2.96. The Bertz CT molecular complexity index is 737. The minimum absolute atomic E-state index is 0.00562. The van der Waals surface area contributed by atoms with Crippen molar-refractivity contribution in [3.63, 3.8) is 0 Å². The van der Waals surface area contributed by atoms with Crippen LogP contribution in [0.2, 0.25) is 0 Å². The lowest BCUT2D eigenvalue weighted by Crippen LogP contribution is -2.37. The fraction of sp³-hybridized carbons (Fsp3) is 0.263. The van der Waals surface area contributed by atoms with E-state index in [9.17, 15) is 14.7 Å². The van der Waals surface area contributed by atoms with Gasteiger partial charge >= 0.3 is 0 Å². The number of rotatable bonds is 3. The quantitative estimate of drug-likeness (QED) is 0.947. The summed E-state index contributed by atoms with van der Waals surface area (Å²) in [4.78, 5) is 25.5. The van der Waals surface area contributed by atoms with Crippen LogP contribution < -0.4 is 0 Å². The third-order valence-corrected chi connectivity index (χ3v) is 4.31. The maximum Gasteiger partial charge on any atom is 0.254 e. The molecule has 4 nitrogen and oxygen atoms in total. The lowest BCUT2D eigenvalue weighted by molar-refractivity contribution is -0.116. The molecule has 2 aromatic carbocycles. The summed E-state index contributed by atoms with van der Waals surface area (Å²) >= 11 is 0. The first-order chi connectivity index (χ1) is 11.1. The van der Waals surface area contributed by atoms with Gasteiger partial charge in [-0.05, 0) is 35.7 Å². The molecule has 23 heavy (non-hydrogen) atoms. The van der Waals surface area contributed by atoms with E-state index in [1.54, 1.807) is 12.1 Å². The fourth-order valence-electron chi connectivity index (χ4n) is 3.01. The molecule has 0 unspecified atom stereocenters. The summed E-state index contributed by atoms with van der Waals surface area (Å²) in [5.41, 5.74) is 3.90. The third kappa shape index (κ3) is 3.03. The molecule has 1 atom stereocenters. The normalized spacial score (nSPS) is 17.6. The summed E-state index contributed by atoms with van der Waals surface area (Å²) in [5.74, 6) is -0.208. The number of amides is 1. The Hall–Kier alpha value is -2.46. The number of hydrogen-bond donors (Lipinski definition) is 1. The number of carbonyl (C=O) groups excluding carboxylic acids is 2. The molecule has 0 saturated carbocycles. The van der Waals surface area contributed by atoms with Crippen LogP contribution in [-0.4, -0.2) is 40.9 Å². The van der Waals surface area contributed by atoms with Gasteiger partial charge in [0, 0.05) is 12.0 Å². The van der Waals surface area contributed by atoms with E-state index in [0.29, 0.717) is 5.56 Å². The van der Waals surface area contributed by atoms with Gasteiger partial charge in [0.05, 0.1) is 19.2 Å². The molecule has 1 saturated heterocycles. The molecule has 0 aromatic heterocycles. The average molecular weight is 309 g/mol. The molecule has 1 heterocycles. The predicted molar refractivity (Wildman–Crippen MR) is 88.1 cm³/mol. The van der Waals surface area contributed by atoms with Gasteiger partial charge in [0.2, 0.25) is 0 Å². The Labute approximate surface area is 135 Å². The van der Waals surface area contributed by atoms with E-state index in [4.69, 9.17) is 0 Å². The second-order valence-electron chi connectivity index (χ2n) is 5.90. The number of nitrogens with zero attached hydrogens (tertiary/aromatic N) is 1. The molecule has 0 bridgehead atoms. The van der Waals surface area contributed by atoms with Crippen LogP contribution in [0, 0.1) is 6.92 Å². The van der Waals surface area contributed by atoms with Gasteiger partial charge in [0.25, 0.3) is 5.91 Å². The van der Waals surface area contributed by atoms with E-state index in [-0.39, 0.29) is 31.3 Å². The lowest BCUT2D eigenvalue weighted by Gasteiger charge is -2.22. The van der Waals surface area contributed by atoms with Gasteiger partial charge < -0.3 is 10.0 Å². The van der Waals surface area contributed by atoms with Gasteiger partial charge in [-0.1, -0.05) is 36.4 Å². The van der Waals surface area contributed by atoms with Crippen LogP contribution in [0.25, 0.3) is 11.1 Å². The minimum atomic E-state index is -0.397. The summed E-state index contributed by atoms with van der Waals surface area (Å²) in [6, 6.07) is 15.1. The second kappa shape index (κ2) is 6.34. The number of ketones is 1. The number of aliphatic hydroxyl groups excluding tert-OH is 1. The Balaban J connectivity index is 1.84. The van der Waals surface area contributed by atoms with Crippen molar-refractivity contribution in [3.05, 3.63) is 59.7 Å². The highest BCUT2D eigenvalue weighted by atomic mass is 16.3. The van der Waals surface area contributed by atoms with Gasteiger partial charge in [0.1, 0.15) is 0 Å². The monoisotopic (exact) mass is 309 g/mol. The SMILES string of the molecule is Cc1ccccc1-c1ccc(C(=O)N2CC(=O)C[C@H]2CO)cc1. The molecule has 1 aliphatic rings. The first-order valence-electron chi connectivity index (χ1n) is 7.69. The van der Waals surface area contributed by atoms with Crippen molar-refractivity contribution in [1.82, 2.24) is 4.90 Å². The first kappa shape index (κ1) is 15.4. The van der Waals surface area contributed by atoms with Crippen molar-refractivity contribution in [2.75, 3.05) is 13.2 Å². The standard InChI is InChI=1S/C19H19NO3/c1-13-4-2-3-5-18(13)14-6-8-15(9-7-14)19(23)20-11-17(22)10-16(20)12-21/h2-9,16,21H,10-12H2,1H3/t16-/m0/s1. The molecule has 1 fully saturated rings. The summed E-state index contributed by atoms with van der Waals surface area (Å²) < 4.78 is 0.